The van der Waals surface area contributed by atoms with Crippen LogP contribution in [0.25, 0.3) is 87.8 Å². The highest BCUT2D eigenvalue weighted by Crippen LogP contribution is 2.77. The Kier molecular flexibility index (Phi) is 6.69. The second kappa shape index (κ2) is 12.4. The van der Waals surface area contributed by atoms with Gasteiger partial charge in [-0.15, -0.1) is 0 Å². The quantitative estimate of drug-likeness (QED) is 0.178. The number of nitrogens with zero attached hydrogens (tertiary/aromatic N) is 4. The second-order valence-electron chi connectivity index (χ2n) is 22.6. The average molecular weight is 861 g/mol. The lowest BCUT2D eigenvalue weighted by atomic mass is 9.56. The van der Waals surface area contributed by atoms with E-state index in [0.29, 0.717) is 29.1 Å². The molecule has 8 aliphatic rings. The molecule has 7 atom stereocenters. The van der Waals surface area contributed by atoms with Crippen molar-refractivity contribution in [1.29, 1.82) is 10.5 Å². The van der Waals surface area contributed by atoms with Crippen molar-refractivity contribution < 1.29 is 0 Å². The van der Waals surface area contributed by atoms with E-state index in [4.69, 9.17) is 0 Å². The van der Waals surface area contributed by atoms with Crippen LogP contribution < -0.4 is 0 Å². The Bertz CT molecular complexity index is 3900. The summed E-state index contributed by atoms with van der Waals surface area (Å²) >= 11 is 0. The van der Waals surface area contributed by atoms with E-state index >= 15 is 0 Å². The summed E-state index contributed by atoms with van der Waals surface area (Å²) in [6.45, 7) is 0. The van der Waals surface area contributed by atoms with Crippen molar-refractivity contribution in [3.8, 4) is 40.1 Å². The molecule has 1 spiro atoms. The molecule has 0 radical (unpaired) electrons. The molecule has 0 amide bonds. The normalized spacial score (nSPS) is 28.3. The minimum Gasteiger partial charge on any atom is -0.308 e. The monoisotopic (exact) mass is 860 g/mol. The largest absolute Gasteiger partial charge is 0.308 e. The minimum absolute atomic E-state index is 0.433. The zero-order valence-electron chi connectivity index (χ0n) is 37.5. The van der Waals surface area contributed by atoms with Crippen molar-refractivity contribution in [1.82, 2.24) is 8.97 Å². The number of para-hydroxylation sites is 2. The van der Waals surface area contributed by atoms with E-state index in [1.54, 1.807) is 0 Å². The van der Waals surface area contributed by atoms with Crippen molar-refractivity contribution in [2.75, 3.05) is 0 Å². The molecule has 7 bridgehead atoms. The zero-order valence-corrected chi connectivity index (χ0v) is 37.5. The Morgan fingerprint density at radius 2 is 1.01 bits per heavy atom. The number of aromatic nitrogens is 2. The maximum absolute atomic E-state index is 11.3. The molecule has 4 heteroatoms. The maximum Gasteiger partial charge on any atom is 0.0995 e. The molecule has 0 aliphatic heterocycles. The third-order valence-electron chi connectivity index (χ3n) is 20.0. The first kappa shape index (κ1) is 36.3. The van der Waals surface area contributed by atoms with Gasteiger partial charge >= 0.3 is 0 Å². The maximum atomic E-state index is 11.3. The van der Waals surface area contributed by atoms with Crippen LogP contribution in [0.2, 0.25) is 0 Å². The predicted octanol–water partition coefficient (Wildman–Crippen LogP) is 15.8. The molecule has 3 heterocycles. The van der Waals surface area contributed by atoms with Crippen LogP contribution in [0.5, 0.6) is 0 Å². The SMILES string of the molecule is N#Cc1cc2c(c3c1C1C[C@@H]4CC5CC3CC54C1)c1cc3c(c4ccccc4n3-c3c(-c4ccccc4)cccc3-c3ccccc3)c3c4c5c(c(C#N)cc4n2c13)C1CC2CC(C1)CC5C2. The summed E-state index contributed by atoms with van der Waals surface area (Å²) in [5, 5.41) is 30.6. The molecule has 5 saturated carbocycles. The van der Waals surface area contributed by atoms with Gasteiger partial charge in [0.25, 0.3) is 0 Å². The molecule has 320 valence electrons. The van der Waals surface area contributed by atoms with E-state index in [-0.39, 0.29) is 0 Å². The number of rotatable bonds is 3. The highest BCUT2D eigenvalue weighted by Gasteiger charge is 2.66. The molecule has 5 fully saturated rings. The van der Waals surface area contributed by atoms with Crippen LogP contribution >= 0.6 is 0 Å². The third kappa shape index (κ3) is 4.29. The van der Waals surface area contributed by atoms with E-state index in [0.717, 1.165) is 34.8 Å². The van der Waals surface area contributed by atoms with Crippen LogP contribution in [-0.4, -0.2) is 8.97 Å². The van der Waals surface area contributed by atoms with Gasteiger partial charge in [-0.05, 0) is 175 Å². The average Bonchev–Trinajstić information content (AvgIpc) is 4.09. The van der Waals surface area contributed by atoms with Crippen LogP contribution in [0.1, 0.15) is 121 Å². The van der Waals surface area contributed by atoms with Crippen LogP contribution in [0.15, 0.2) is 121 Å². The van der Waals surface area contributed by atoms with Gasteiger partial charge in [0, 0.05) is 43.4 Å². The van der Waals surface area contributed by atoms with Gasteiger partial charge in [0.05, 0.1) is 56.5 Å². The van der Waals surface area contributed by atoms with E-state index in [1.807, 2.05) is 0 Å². The fourth-order valence-corrected chi connectivity index (χ4v) is 18.0. The van der Waals surface area contributed by atoms with Gasteiger partial charge in [-0.1, -0.05) is 97.1 Å². The highest BCUT2D eigenvalue weighted by molar-refractivity contribution is 6.37. The standard InChI is InChI=1S/C63H48N4/c64-31-41-26-51-59(55-38-21-33-18-34(22-38)20-37(19-33)53(41)55)60-57-47-14-7-8-17-49(47)66(61-45(35-10-3-1-4-11-35)15-9-16-46(61)36-12-5-2-6-13-36)52(57)28-48-58-50(67(51)62(48)60)25-42(32-65)54-39-23-43-27-44-24-40(56(54)58)30-63(43,44)29-39/h1-17,25-26,28,33-34,37-40,43-44H,18-24,27,29-30H2/t33?,34?,37?,38?,39?,40?,43-,44?,63?/m1/s1. The van der Waals surface area contributed by atoms with Crippen LogP contribution in [0, 0.1) is 51.7 Å². The Morgan fingerprint density at radius 3 is 1.67 bits per heavy atom. The number of benzene rings is 7. The third-order valence-corrected chi connectivity index (χ3v) is 20.0. The summed E-state index contributed by atoms with van der Waals surface area (Å²) in [6, 6.07) is 51.0. The number of hydrogen-bond donors (Lipinski definition) is 0. The molecular weight excluding hydrogens is 813 g/mol. The molecule has 8 aliphatic carbocycles. The lowest BCUT2D eigenvalue weighted by Crippen LogP contribution is -2.41. The summed E-state index contributed by atoms with van der Waals surface area (Å²) in [5.41, 5.74) is 20.2. The van der Waals surface area contributed by atoms with E-state index in [2.05, 4.69) is 142 Å². The van der Waals surface area contributed by atoms with E-state index < -0.39 is 0 Å². The summed E-state index contributed by atoms with van der Waals surface area (Å²) in [7, 11) is 0. The van der Waals surface area contributed by atoms with Crippen LogP contribution in [0.3, 0.4) is 0 Å². The van der Waals surface area contributed by atoms with Crippen LogP contribution in [0.4, 0.5) is 0 Å². The van der Waals surface area contributed by atoms with E-state index in [9.17, 15) is 10.5 Å². The fourth-order valence-electron chi connectivity index (χ4n) is 18.0. The Morgan fingerprint density at radius 1 is 0.448 bits per heavy atom. The van der Waals surface area contributed by atoms with Crippen LogP contribution in [-0.2, 0) is 0 Å². The molecule has 6 unspecified atom stereocenters. The molecular formula is C63H48N4. The first-order valence-corrected chi connectivity index (χ1v) is 25.5. The number of fused-ring (bicyclic) bond motifs is 16. The summed E-state index contributed by atoms with van der Waals surface area (Å²) < 4.78 is 5.24. The summed E-state index contributed by atoms with van der Waals surface area (Å²) in [6.07, 6.45) is 12.6. The number of nitriles is 2. The molecule has 18 rings (SSSR count). The van der Waals surface area contributed by atoms with Gasteiger partial charge in [0.2, 0.25) is 0 Å². The molecule has 4 nitrogen and oxygen atoms in total. The Labute approximate surface area is 389 Å². The Balaban J connectivity index is 1.12. The van der Waals surface area contributed by atoms with Crippen molar-refractivity contribution in [2.24, 2.45) is 29.1 Å². The summed E-state index contributed by atoms with van der Waals surface area (Å²) in [5.74, 6) is 4.89. The molecule has 0 saturated heterocycles. The molecule has 0 N–H and O–H groups in total. The lowest BCUT2D eigenvalue weighted by molar-refractivity contribution is 0.00322. The van der Waals surface area contributed by atoms with Gasteiger partial charge < -0.3 is 8.97 Å². The van der Waals surface area contributed by atoms with Crippen molar-refractivity contribution in [3.63, 3.8) is 0 Å². The topological polar surface area (TPSA) is 56.9 Å². The molecule has 10 aromatic rings. The van der Waals surface area contributed by atoms with Gasteiger partial charge in [-0.25, -0.2) is 0 Å². The zero-order chi connectivity index (χ0) is 43.6. The van der Waals surface area contributed by atoms with Crippen molar-refractivity contribution >= 4 is 59.9 Å². The van der Waals surface area contributed by atoms with Gasteiger partial charge in [0.1, 0.15) is 0 Å². The van der Waals surface area contributed by atoms with Gasteiger partial charge in [-0.2, -0.15) is 10.5 Å². The fraction of sp³-hybridized carbons (Fsp3) is 0.302. The predicted molar refractivity (Wildman–Crippen MR) is 269 cm³/mol. The first-order valence-electron chi connectivity index (χ1n) is 25.5. The lowest BCUT2D eigenvalue weighted by Gasteiger charge is -2.48. The smallest absolute Gasteiger partial charge is 0.0995 e. The van der Waals surface area contributed by atoms with Crippen molar-refractivity contribution in [2.45, 2.75) is 87.9 Å². The molecule has 3 aromatic heterocycles. The number of hydrogen-bond acceptors (Lipinski definition) is 2. The second-order valence-corrected chi connectivity index (χ2v) is 22.6. The summed E-state index contributed by atoms with van der Waals surface area (Å²) in [4.78, 5) is 0. The van der Waals surface area contributed by atoms with E-state index in [1.165, 1.54) is 174 Å². The first-order chi connectivity index (χ1) is 33.1. The Hall–Kier alpha value is -6.88. The highest BCUT2D eigenvalue weighted by atomic mass is 15.0. The van der Waals surface area contributed by atoms with Gasteiger partial charge in [-0.3, -0.25) is 0 Å². The van der Waals surface area contributed by atoms with Gasteiger partial charge in [0.15, 0.2) is 0 Å². The molecule has 67 heavy (non-hydrogen) atoms. The molecule has 7 aromatic carbocycles. The van der Waals surface area contributed by atoms with Crippen molar-refractivity contribution in [3.05, 3.63) is 155 Å². The minimum atomic E-state index is 0.433.